The van der Waals surface area contributed by atoms with Crippen LogP contribution in [0.1, 0.15) is 5.56 Å². The Morgan fingerprint density at radius 3 is 2.78 bits per heavy atom. The molecular formula is C10H14N4O4. The summed E-state index contributed by atoms with van der Waals surface area (Å²) in [5.74, 6) is 0.678. The SMILES string of the molecule is Cc1c(N)ncnc1N[C@@H]1O[C@H](C=O)[C@@H](O)[C@H]1O. The number of nitrogens with two attached hydrogens (primary N) is 1. The van der Waals surface area contributed by atoms with E-state index < -0.39 is 24.5 Å². The average molecular weight is 254 g/mol. The van der Waals surface area contributed by atoms with Gasteiger partial charge in [-0.3, -0.25) is 0 Å². The third kappa shape index (κ3) is 2.13. The van der Waals surface area contributed by atoms with Crippen molar-refractivity contribution in [2.45, 2.75) is 31.5 Å². The van der Waals surface area contributed by atoms with Crippen LogP contribution in [0.4, 0.5) is 11.6 Å². The number of nitrogen functional groups attached to an aromatic ring is 1. The molecule has 1 saturated heterocycles. The van der Waals surface area contributed by atoms with Gasteiger partial charge in [0.1, 0.15) is 36.3 Å². The van der Waals surface area contributed by atoms with Crippen LogP contribution in [0.2, 0.25) is 0 Å². The van der Waals surface area contributed by atoms with Gasteiger partial charge >= 0.3 is 0 Å². The first kappa shape index (κ1) is 12.7. The molecule has 0 unspecified atom stereocenters. The highest BCUT2D eigenvalue weighted by Gasteiger charge is 2.42. The molecule has 2 heterocycles. The van der Waals surface area contributed by atoms with E-state index in [0.29, 0.717) is 23.5 Å². The Morgan fingerprint density at radius 1 is 1.44 bits per heavy atom. The van der Waals surface area contributed by atoms with Crippen LogP contribution >= 0.6 is 0 Å². The van der Waals surface area contributed by atoms with E-state index in [1.807, 2.05) is 0 Å². The molecule has 0 bridgehead atoms. The molecule has 0 saturated carbocycles. The zero-order valence-corrected chi connectivity index (χ0v) is 9.65. The molecule has 0 radical (unpaired) electrons. The summed E-state index contributed by atoms with van der Waals surface area (Å²) >= 11 is 0. The number of aliphatic hydroxyl groups is 2. The van der Waals surface area contributed by atoms with E-state index in [9.17, 15) is 15.0 Å². The highest BCUT2D eigenvalue weighted by Crippen LogP contribution is 2.23. The molecule has 5 N–H and O–H groups in total. The summed E-state index contributed by atoms with van der Waals surface area (Å²) in [7, 11) is 0. The number of hydrogen-bond donors (Lipinski definition) is 4. The van der Waals surface area contributed by atoms with Gasteiger partial charge in [0.2, 0.25) is 0 Å². The molecule has 4 atom stereocenters. The lowest BCUT2D eigenvalue weighted by Gasteiger charge is -2.18. The molecule has 8 heteroatoms. The molecular weight excluding hydrogens is 240 g/mol. The smallest absolute Gasteiger partial charge is 0.158 e. The summed E-state index contributed by atoms with van der Waals surface area (Å²) in [6, 6.07) is 0. The minimum Gasteiger partial charge on any atom is -0.387 e. The van der Waals surface area contributed by atoms with Gasteiger partial charge in [-0.15, -0.1) is 0 Å². The Balaban J connectivity index is 2.15. The largest absolute Gasteiger partial charge is 0.387 e. The van der Waals surface area contributed by atoms with Gasteiger partial charge in [-0.25, -0.2) is 9.97 Å². The van der Waals surface area contributed by atoms with Crippen LogP contribution in [-0.2, 0) is 9.53 Å². The summed E-state index contributed by atoms with van der Waals surface area (Å²) in [5, 5.41) is 22.0. The molecule has 8 nitrogen and oxygen atoms in total. The van der Waals surface area contributed by atoms with Crippen LogP contribution in [0.25, 0.3) is 0 Å². The van der Waals surface area contributed by atoms with Gasteiger partial charge in [0.15, 0.2) is 12.5 Å². The van der Waals surface area contributed by atoms with Crippen molar-refractivity contribution in [3.63, 3.8) is 0 Å². The maximum atomic E-state index is 10.6. The van der Waals surface area contributed by atoms with E-state index in [1.165, 1.54) is 6.33 Å². The van der Waals surface area contributed by atoms with E-state index in [-0.39, 0.29) is 0 Å². The lowest BCUT2D eigenvalue weighted by Crippen LogP contribution is -2.36. The molecule has 1 aliphatic rings. The van der Waals surface area contributed by atoms with Crippen molar-refractivity contribution in [2.24, 2.45) is 0 Å². The molecule has 98 valence electrons. The van der Waals surface area contributed by atoms with Crippen LogP contribution < -0.4 is 11.1 Å². The molecule has 1 aromatic heterocycles. The first-order valence-corrected chi connectivity index (χ1v) is 5.35. The first-order valence-electron chi connectivity index (χ1n) is 5.35. The second-order valence-electron chi connectivity index (χ2n) is 4.02. The highest BCUT2D eigenvalue weighted by atomic mass is 16.6. The Hall–Kier alpha value is -1.77. The van der Waals surface area contributed by atoms with Gasteiger partial charge in [-0.1, -0.05) is 0 Å². The number of carbonyl (C=O) groups excluding carboxylic acids is 1. The number of nitrogens with zero attached hydrogens (tertiary/aromatic N) is 2. The number of aliphatic hydroxyl groups excluding tert-OH is 2. The molecule has 18 heavy (non-hydrogen) atoms. The molecule has 1 fully saturated rings. The van der Waals surface area contributed by atoms with Crippen molar-refractivity contribution in [1.29, 1.82) is 0 Å². The fraction of sp³-hybridized carbons (Fsp3) is 0.500. The van der Waals surface area contributed by atoms with Crippen molar-refractivity contribution in [1.82, 2.24) is 9.97 Å². The van der Waals surface area contributed by atoms with Crippen molar-refractivity contribution in [3.05, 3.63) is 11.9 Å². The lowest BCUT2D eigenvalue weighted by atomic mass is 10.1. The standard InChI is InChI=1S/C10H14N4O4/c1-4-8(11)12-3-13-9(4)14-10-7(17)6(16)5(2-15)18-10/h2-3,5-7,10,16-17H,1H3,(H3,11,12,13,14)/t5-,6-,7-,10-/m1/s1. The fourth-order valence-corrected chi connectivity index (χ4v) is 1.68. The number of nitrogens with one attached hydrogen (secondary N) is 1. The number of rotatable bonds is 3. The summed E-state index contributed by atoms with van der Waals surface area (Å²) < 4.78 is 5.15. The van der Waals surface area contributed by atoms with Crippen molar-refractivity contribution < 1.29 is 19.7 Å². The second-order valence-corrected chi connectivity index (χ2v) is 4.02. The van der Waals surface area contributed by atoms with Crippen molar-refractivity contribution in [2.75, 3.05) is 11.1 Å². The molecule has 0 amide bonds. The quantitative estimate of drug-likeness (QED) is 0.476. The minimum absolute atomic E-state index is 0.299. The summed E-state index contributed by atoms with van der Waals surface area (Å²) in [5.41, 5.74) is 6.21. The Labute approximate surface area is 103 Å². The molecule has 1 aromatic rings. The Morgan fingerprint density at radius 2 is 2.17 bits per heavy atom. The first-order chi connectivity index (χ1) is 8.54. The lowest BCUT2D eigenvalue weighted by molar-refractivity contribution is -0.120. The molecule has 0 spiro atoms. The topological polar surface area (TPSA) is 131 Å². The molecule has 2 rings (SSSR count). The number of ether oxygens (including phenoxy) is 1. The monoisotopic (exact) mass is 254 g/mol. The van der Waals surface area contributed by atoms with Crippen molar-refractivity contribution >= 4 is 17.9 Å². The number of anilines is 2. The van der Waals surface area contributed by atoms with Gasteiger partial charge in [0, 0.05) is 5.56 Å². The normalized spacial score (nSPS) is 31.3. The maximum Gasteiger partial charge on any atom is 0.158 e. The maximum absolute atomic E-state index is 10.6. The van der Waals surface area contributed by atoms with Crippen LogP contribution in [0.5, 0.6) is 0 Å². The third-order valence-corrected chi connectivity index (χ3v) is 2.84. The van der Waals surface area contributed by atoms with E-state index in [4.69, 9.17) is 10.5 Å². The number of carbonyl (C=O) groups is 1. The zero-order chi connectivity index (χ0) is 13.3. The Bertz CT molecular complexity index is 456. The van der Waals surface area contributed by atoms with Crippen LogP contribution in [-0.4, -0.2) is 51.0 Å². The summed E-state index contributed by atoms with van der Waals surface area (Å²) in [6.07, 6.45) is -2.77. The minimum atomic E-state index is -1.26. The highest BCUT2D eigenvalue weighted by molar-refractivity contribution is 5.59. The summed E-state index contributed by atoms with van der Waals surface area (Å²) in [6.45, 7) is 1.70. The number of aromatic nitrogens is 2. The van der Waals surface area contributed by atoms with E-state index >= 15 is 0 Å². The van der Waals surface area contributed by atoms with Gasteiger partial charge in [-0.05, 0) is 6.92 Å². The third-order valence-electron chi connectivity index (χ3n) is 2.84. The molecule has 0 aromatic carbocycles. The van der Waals surface area contributed by atoms with Crippen LogP contribution in [0, 0.1) is 6.92 Å². The Kier molecular flexibility index (Phi) is 3.41. The van der Waals surface area contributed by atoms with Gasteiger partial charge in [0.25, 0.3) is 0 Å². The van der Waals surface area contributed by atoms with Crippen LogP contribution in [0.3, 0.4) is 0 Å². The van der Waals surface area contributed by atoms with E-state index in [2.05, 4.69) is 15.3 Å². The van der Waals surface area contributed by atoms with E-state index in [0.717, 1.165) is 0 Å². The number of aldehydes is 1. The predicted molar refractivity (Wildman–Crippen MR) is 61.5 cm³/mol. The van der Waals surface area contributed by atoms with Gasteiger partial charge in [0.05, 0.1) is 0 Å². The van der Waals surface area contributed by atoms with Crippen molar-refractivity contribution in [3.8, 4) is 0 Å². The predicted octanol–water partition coefficient (Wildman–Crippen LogP) is -1.58. The molecule has 1 aliphatic heterocycles. The zero-order valence-electron chi connectivity index (χ0n) is 9.65. The number of hydrogen-bond acceptors (Lipinski definition) is 8. The van der Waals surface area contributed by atoms with E-state index in [1.54, 1.807) is 6.92 Å². The van der Waals surface area contributed by atoms with Gasteiger partial charge < -0.3 is 30.8 Å². The average Bonchev–Trinajstić information content (AvgIpc) is 2.63. The second kappa shape index (κ2) is 4.84. The summed E-state index contributed by atoms with van der Waals surface area (Å²) in [4.78, 5) is 18.4. The molecule has 0 aliphatic carbocycles. The van der Waals surface area contributed by atoms with Gasteiger partial charge in [-0.2, -0.15) is 0 Å². The fourth-order valence-electron chi connectivity index (χ4n) is 1.68. The van der Waals surface area contributed by atoms with Crippen LogP contribution in [0.15, 0.2) is 6.33 Å².